The van der Waals surface area contributed by atoms with Gasteiger partial charge in [0.25, 0.3) is 0 Å². The van der Waals surface area contributed by atoms with Crippen molar-refractivity contribution in [1.29, 1.82) is 0 Å². The van der Waals surface area contributed by atoms with Gasteiger partial charge in [-0.3, -0.25) is 9.59 Å². The molecule has 11 heteroatoms. The van der Waals surface area contributed by atoms with E-state index in [0.717, 1.165) is 0 Å². The smallest absolute Gasteiger partial charge is 0.205 e. The molecule has 0 spiro atoms. The predicted molar refractivity (Wildman–Crippen MR) is 155 cm³/mol. The second-order valence-electron chi connectivity index (χ2n) is 9.52. The number of methoxy groups -OCH3 is 4. The highest BCUT2D eigenvalue weighted by Crippen LogP contribution is 2.48. The molecule has 0 saturated carbocycles. The first-order chi connectivity index (χ1) is 20.7. The first-order valence-electron chi connectivity index (χ1n) is 13.1. The van der Waals surface area contributed by atoms with E-state index >= 15 is 0 Å². The van der Waals surface area contributed by atoms with Gasteiger partial charge in [-0.05, 0) is 37.6 Å². The molecule has 11 nitrogen and oxygen atoms in total. The van der Waals surface area contributed by atoms with E-state index < -0.39 is 0 Å². The normalized spacial score (nSPS) is 11.0. The first kappa shape index (κ1) is 29.2. The number of furan rings is 2. The lowest BCUT2D eigenvalue weighted by Crippen LogP contribution is -2.08. The molecule has 0 fully saturated rings. The Balaban J connectivity index is 1.43. The standard InChI is InChI=1S/C32H30O11/c1-16(33)23-25(36-3)20-9-11-40-27(20)31(38-5)29(23)42-14-18-7-8-19(22(35)13-18)15-43-30-24(17(2)34)26(37-4)21-10-12-41-28(21)32(30)39-6/h7-13,35H,14-15H2,1-6H3. The minimum absolute atomic E-state index is 0.0185. The summed E-state index contributed by atoms with van der Waals surface area (Å²) in [6.45, 7) is 2.68. The molecule has 0 saturated heterocycles. The zero-order valence-corrected chi connectivity index (χ0v) is 24.5. The largest absolute Gasteiger partial charge is 0.508 e. The van der Waals surface area contributed by atoms with Crippen LogP contribution in [0, 0.1) is 0 Å². The summed E-state index contributed by atoms with van der Waals surface area (Å²) in [6.07, 6.45) is 2.94. The number of ketones is 2. The summed E-state index contributed by atoms with van der Waals surface area (Å²) < 4.78 is 45.4. The lowest BCUT2D eigenvalue weighted by atomic mass is 10.0. The molecule has 5 rings (SSSR count). The highest BCUT2D eigenvalue weighted by Gasteiger charge is 2.29. The molecule has 0 aliphatic carbocycles. The summed E-state index contributed by atoms with van der Waals surface area (Å²) in [5.74, 6) is 0.727. The van der Waals surface area contributed by atoms with Gasteiger partial charge in [0.2, 0.25) is 11.5 Å². The third-order valence-electron chi connectivity index (χ3n) is 6.98. The Morgan fingerprint density at radius 3 is 1.53 bits per heavy atom. The number of carbonyl (C=O) groups excluding carboxylic acids is 2. The molecule has 0 unspecified atom stereocenters. The van der Waals surface area contributed by atoms with Crippen LogP contribution in [0.2, 0.25) is 0 Å². The van der Waals surface area contributed by atoms with Crippen molar-refractivity contribution in [3.05, 3.63) is 65.1 Å². The van der Waals surface area contributed by atoms with Crippen LogP contribution in [-0.2, 0) is 13.2 Å². The van der Waals surface area contributed by atoms with Crippen molar-refractivity contribution in [2.24, 2.45) is 0 Å². The molecule has 2 heterocycles. The van der Waals surface area contributed by atoms with Crippen molar-refractivity contribution >= 4 is 33.5 Å². The van der Waals surface area contributed by atoms with E-state index in [1.807, 2.05) is 0 Å². The minimum Gasteiger partial charge on any atom is -0.508 e. The number of hydrogen-bond donors (Lipinski definition) is 1. The molecule has 0 bridgehead atoms. The predicted octanol–water partition coefficient (Wildman–Crippen LogP) is 6.48. The minimum atomic E-state index is -0.297. The Labute approximate surface area is 246 Å². The Morgan fingerprint density at radius 2 is 1.12 bits per heavy atom. The second kappa shape index (κ2) is 11.9. The third kappa shape index (κ3) is 5.03. The number of aromatic hydroxyl groups is 1. The van der Waals surface area contributed by atoms with Crippen LogP contribution in [0.4, 0.5) is 0 Å². The summed E-state index contributed by atoms with van der Waals surface area (Å²) in [6, 6.07) is 8.28. The van der Waals surface area contributed by atoms with Crippen molar-refractivity contribution in [2.45, 2.75) is 27.1 Å². The molecular formula is C32H30O11. The summed E-state index contributed by atoms with van der Waals surface area (Å²) >= 11 is 0. The van der Waals surface area contributed by atoms with Crippen molar-refractivity contribution in [1.82, 2.24) is 0 Å². The molecule has 3 aromatic carbocycles. The number of phenols is 1. The number of ether oxygens (including phenoxy) is 6. The Hall–Kier alpha value is -5.32. The Kier molecular flexibility index (Phi) is 8.07. The molecule has 0 aliphatic rings. The number of fused-ring (bicyclic) bond motifs is 2. The van der Waals surface area contributed by atoms with E-state index in [1.165, 1.54) is 60.9 Å². The average Bonchev–Trinajstić information content (AvgIpc) is 3.67. The molecule has 224 valence electrons. The fraction of sp³-hybridized carbons (Fsp3) is 0.250. The summed E-state index contributed by atoms with van der Waals surface area (Å²) in [5, 5.41) is 12.0. The third-order valence-corrected chi connectivity index (χ3v) is 6.98. The quantitative estimate of drug-likeness (QED) is 0.160. The van der Waals surface area contributed by atoms with Gasteiger partial charge in [0.05, 0.1) is 51.7 Å². The fourth-order valence-corrected chi connectivity index (χ4v) is 5.07. The highest BCUT2D eigenvalue weighted by molar-refractivity contribution is 6.09. The molecule has 0 aliphatic heterocycles. The molecule has 2 aromatic heterocycles. The maximum atomic E-state index is 12.6. The number of hydrogen-bond acceptors (Lipinski definition) is 11. The van der Waals surface area contributed by atoms with Crippen LogP contribution in [-0.4, -0.2) is 45.1 Å². The van der Waals surface area contributed by atoms with Gasteiger partial charge in [0, 0.05) is 5.56 Å². The molecule has 43 heavy (non-hydrogen) atoms. The molecule has 5 aromatic rings. The second-order valence-corrected chi connectivity index (χ2v) is 9.52. The number of phenolic OH excluding ortho intramolecular Hbond substituents is 1. The summed E-state index contributed by atoms with van der Waals surface area (Å²) in [5.41, 5.74) is 2.16. The van der Waals surface area contributed by atoms with Crippen LogP contribution in [0.1, 0.15) is 45.7 Å². The van der Waals surface area contributed by atoms with Crippen molar-refractivity contribution in [3.63, 3.8) is 0 Å². The average molecular weight is 591 g/mol. The SMILES string of the molecule is COc1c(C(C)=O)c(OCc2ccc(COc3c(C(C)=O)c(OC)c4ccoc4c3OC)c(O)c2)c(OC)c2occc12. The van der Waals surface area contributed by atoms with Crippen LogP contribution in [0.15, 0.2) is 51.7 Å². The first-order valence-corrected chi connectivity index (χ1v) is 13.1. The molecule has 0 amide bonds. The Morgan fingerprint density at radius 1 is 0.651 bits per heavy atom. The van der Waals surface area contributed by atoms with E-state index in [9.17, 15) is 14.7 Å². The molecule has 1 N–H and O–H groups in total. The monoisotopic (exact) mass is 590 g/mol. The van der Waals surface area contributed by atoms with Gasteiger partial charge >= 0.3 is 0 Å². The molecular weight excluding hydrogens is 560 g/mol. The topological polar surface area (TPSA) is 136 Å². The van der Waals surface area contributed by atoms with Crippen LogP contribution < -0.4 is 28.4 Å². The van der Waals surface area contributed by atoms with E-state index in [2.05, 4.69) is 0 Å². The number of benzene rings is 3. The van der Waals surface area contributed by atoms with Crippen LogP contribution in [0.3, 0.4) is 0 Å². The van der Waals surface area contributed by atoms with Crippen LogP contribution in [0.5, 0.6) is 40.2 Å². The number of rotatable bonds is 12. The number of carbonyl (C=O) groups is 2. The van der Waals surface area contributed by atoms with E-state index in [0.29, 0.717) is 44.6 Å². The highest BCUT2D eigenvalue weighted by atomic mass is 16.5. The van der Waals surface area contributed by atoms with Gasteiger partial charge < -0.3 is 42.4 Å². The zero-order valence-electron chi connectivity index (χ0n) is 24.5. The van der Waals surface area contributed by atoms with Crippen molar-refractivity contribution in [2.75, 3.05) is 28.4 Å². The van der Waals surface area contributed by atoms with Gasteiger partial charge in [-0.15, -0.1) is 0 Å². The van der Waals surface area contributed by atoms with E-state index in [1.54, 1.807) is 24.3 Å². The van der Waals surface area contributed by atoms with Gasteiger partial charge in [0.15, 0.2) is 34.2 Å². The molecule has 0 radical (unpaired) electrons. The van der Waals surface area contributed by atoms with Crippen LogP contribution in [0.25, 0.3) is 21.9 Å². The van der Waals surface area contributed by atoms with Crippen molar-refractivity contribution in [3.8, 4) is 40.2 Å². The van der Waals surface area contributed by atoms with Gasteiger partial charge in [-0.2, -0.15) is 0 Å². The van der Waals surface area contributed by atoms with Crippen molar-refractivity contribution < 1.29 is 52.0 Å². The van der Waals surface area contributed by atoms with E-state index in [4.69, 9.17) is 37.3 Å². The maximum Gasteiger partial charge on any atom is 0.205 e. The Bertz CT molecular complexity index is 1840. The van der Waals surface area contributed by atoms with E-state index in [-0.39, 0.29) is 64.7 Å². The summed E-state index contributed by atoms with van der Waals surface area (Å²) in [4.78, 5) is 25.3. The van der Waals surface area contributed by atoms with Gasteiger partial charge in [0.1, 0.15) is 41.6 Å². The fourth-order valence-electron chi connectivity index (χ4n) is 5.07. The lowest BCUT2D eigenvalue weighted by molar-refractivity contribution is 0.0996. The maximum absolute atomic E-state index is 12.6. The van der Waals surface area contributed by atoms with Crippen LogP contribution >= 0.6 is 0 Å². The van der Waals surface area contributed by atoms with Gasteiger partial charge in [-0.25, -0.2) is 0 Å². The lowest BCUT2D eigenvalue weighted by Gasteiger charge is -2.18. The summed E-state index contributed by atoms with van der Waals surface area (Å²) in [7, 11) is 5.81. The van der Waals surface area contributed by atoms with Gasteiger partial charge in [-0.1, -0.05) is 12.1 Å². The number of Topliss-reactive ketones (excluding diaryl/α,β-unsaturated/α-hetero) is 2. The molecule has 0 atom stereocenters. The zero-order chi connectivity index (χ0) is 30.8.